The molecule has 1 heterocycles. The maximum atomic E-state index is 6.70. The highest BCUT2D eigenvalue weighted by molar-refractivity contribution is 9.10. The van der Waals surface area contributed by atoms with Gasteiger partial charge in [-0.2, -0.15) is 0 Å². The van der Waals surface area contributed by atoms with Gasteiger partial charge in [-0.3, -0.25) is 0 Å². The van der Waals surface area contributed by atoms with Gasteiger partial charge in [0, 0.05) is 10.0 Å². The molecule has 0 amide bonds. The molecule has 0 aliphatic carbocycles. The van der Waals surface area contributed by atoms with Crippen molar-refractivity contribution >= 4 is 27.5 Å². The number of alkyl halides is 1. The molecule has 2 nitrogen and oxygen atoms in total. The van der Waals surface area contributed by atoms with Crippen molar-refractivity contribution in [3.05, 3.63) is 62.6 Å². The molecule has 3 rings (SSSR count). The number of halogens is 2. The largest absolute Gasteiger partial charge is 0.496 e. The number of hydrogen-bond acceptors (Lipinski definition) is 2. The maximum absolute atomic E-state index is 6.70. The van der Waals surface area contributed by atoms with Gasteiger partial charge in [0.2, 0.25) is 0 Å². The van der Waals surface area contributed by atoms with Crippen LogP contribution in [0.4, 0.5) is 0 Å². The van der Waals surface area contributed by atoms with Crippen LogP contribution in [0.25, 0.3) is 0 Å². The quantitative estimate of drug-likeness (QED) is 0.701. The second-order valence-corrected chi connectivity index (χ2v) is 6.52. The lowest BCUT2D eigenvalue weighted by Crippen LogP contribution is -2.00. The molecular weight excluding hydrogens is 352 g/mol. The van der Waals surface area contributed by atoms with Crippen LogP contribution < -0.4 is 4.74 Å². The first-order chi connectivity index (χ1) is 10.1. The van der Waals surface area contributed by atoms with Crippen molar-refractivity contribution in [3.63, 3.8) is 0 Å². The number of rotatable bonds is 3. The monoisotopic (exact) mass is 366 g/mol. The van der Waals surface area contributed by atoms with E-state index in [9.17, 15) is 0 Å². The molecule has 1 aliphatic rings. The molecule has 110 valence electrons. The average Bonchev–Trinajstić information content (AvgIpc) is 2.96. The van der Waals surface area contributed by atoms with Gasteiger partial charge in [-0.05, 0) is 41.3 Å². The lowest BCUT2D eigenvalue weighted by molar-refractivity contribution is 0.134. The summed E-state index contributed by atoms with van der Waals surface area (Å²) in [5.74, 6) is 0.812. The molecule has 2 aromatic carbocycles. The van der Waals surface area contributed by atoms with Crippen LogP contribution in [0.3, 0.4) is 0 Å². The van der Waals surface area contributed by atoms with Crippen molar-refractivity contribution in [2.24, 2.45) is 0 Å². The van der Waals surface area contributed by atoms with Crippen molar-refractivity contribution < 1.29 is 9.47 Å². The summed E-state index contributed by atoms with van der Waals surface area (Å²) in [6.45, 7) is 3.40. The molecular formula is C17H16BrClO2. The Bertz CT molecular complexity index is 685. The molecule has 1 unspecified atom stereocenters. The molecule has 21 heavy (non-hydrogen) atoms. The zero-order valence-corrected chi connectivity index (χ0v) is 14.3. The smallest absolute Gasteiger partial charge is 0.124 e. The van der Waals surface area contributed by atoms with Gasteiger partial charge in [-0.1, -0.05) is 34.1 Å². The number of hydrogen-bond donors (Lipinski definition) is 0. The topological polar surface area (TPSA) is 18.5 Å². The van der Waals surface area contributed by atoms with E-state index in [1.54, 1.807) is 7.11 Å². The second-order valence-electron chi connectivity index (χ2n) is 5.23. The highest BCUT2D eigenvalue weighted by atomic mass is 79.9. The van der Waals surface area contributed by atoms with Crippen LogP contribution in [0, 0.1) is 6.92 Å². The fourth-order valence-corrected chi connectivity index (χ4v) is 3.24. The Hall–Kier alpha value is -1.03. The first-order valence-corrected chi connectivity index (χ1v) is 8.00. The van der Waals surface area contributed by atoms with Crippen LogP contribution in [0.5, 0.6) is 5.75 Å². The summed E-state index contributed by atoms with van der Waals surface area (Å²) in [7, 11) is 1.67. The minimum Gasteiger partial charge on any atom is -0.496 e. The third-order valence-corrected chi connectivity index (χ3v) is 5.16. The van der Waals surface area contributed by atoms with Gasteiger partial charge < -0.3 is 9.47 Å². The van der Waals surface area contributed by atoms with E-state index in [1.165, 1.54) is 11.1 Å². The van der Waals surface area contributed by atoms with Gasteiger partial charge in [-0.25, -0.2) is 0 Å². The molecule has 0 radical (unpaired) electrons. The second kappa shape index (κ2) is 5.99. The normalized spacial score (nSPS) is 14.9. The molecule has 0 spiro atoms. The molecule has 1 aliphatic heterocycles. The third-order valence-electron chi connectivity index (χ3n) is 3.82. The lowest BCUT2D eigenvalue weighted by Gasteiger charge is -2.17. The fourth-order valence-electron chi connectivity index (χ4n) is 2.57. The minimum absolute atomic E-state index is 0.247. The molecule has 0 saturated carbocycles. The van der Waals surface area contributed by atoms with E-state index in [2.05, 4.69) is 34.1 Å². The first-order valence-electron chi connectivity index (χ1n) is 6.77. The van der Waals surface area contributed by atoms with Gasteiger partial charge >= 0.3 is 0 Å². The van der Waals surface area contributed by atoms with Crippen molar-refractivity contribution in [1.29, 1.82) is 0 Å². The Labute approximate surface area is 138 Å². The van der Waals surface area contributed by atoms with Gasteiger partial charge in [-0.15, -0.1) is 11.6 Å². The minimum atomic E-state index is -0.247. The summed E-state index contributed by atoms with van der Waals surface area (Å²) in [4.78, 5) is 0. The van der Waals surface area contributed by atoms with Gasteiger partial charge in [0.15, 0.2) is 0 Å². The predicted molar refractivity (Wildman–Crippen MR) is 88.1 cm³/mol. The predicted octanol–water partition coefficient (Wildman–Crippen LogP) is 5.12. The molecule has 2 aromatic rings. The van der Waals surface area contributed by atoms with Crippen LogP contribution in [-0.2, 0) is 18.0 Å². The first kappa shape index (κ1) is 14.9. The lowest BCUT2D eigenvalue weighted by atomic mass is 9.98. The van der Waals surface area contributed by atoms with E-state index in [0.717, 1.165) is 26.9 Å². The summed E-state index contributed by atoms with van der Waals surface area (Å²) >= 11 is 10.3. The fraction of sp³-hybridized carbons (Fsp3) is 0.294. The van der Waals surface area contributed by atoms with Crippen LogP contribution >= 0.6 is 27.5 Å². The summed E-state index contributed by atoms with van der Waals surface area (Å²) in [6.07, 6.45) is 0. The summed E-state index contributed by atoms with van der Waals surface area (Å²) in [5.41, 5.74) is 5.63. The molecule has 4 heteroatoms. The van der Waals surface area contributed by atoms with Gasteiger partial charge in [0.1, 0.15) is 5.75 Å². The molecule has 1 atom stereocenters. The van der Waals surface area contributed by atoms with E-state index < -0.39 is 0 Å². The Morgan fingerprint density at radius 1 is 1.19 bits per heavy atom. The van der Waals surface area contributed by atoms with Crippen LogP contribution in [-0.4, -0.2) is 7.11 Å². The molecule has 0 aromatic heterocycles. The van der Waals surface area contributed by atoms with Gasteiger partial charge in [0.25, 0.3) is 0 Å². The van der Waals surface area contributed by atoms with Crippen LogP contribution in [0.15, 0.2) is 34.8 Å². The SMILES string of the molecule is COc1cc(C)c(Br)cc1C(Cl)c1ccc2c(c1)COC2. The van der Waals surface area contributed by atoms with E-state index >= 15 is 0 Å². The van der Waals surface area contributed by atoms with E-state index in [0.29, 0.717) is 13.2 Å². The summed E-state index contributed by atoms with van der Waals surface area (Å²) < 4.78 is 12.0. The van der Waals surface area contributed by atoms with E-state index in [-0.39, 0.29) is 5.38 Å². The zero-order chi connectivity index (χ0) is 15.0. The van der Waals surface area contributed by atoms with E-state index in [4.69, 9.17) is 21.1 Å². The average molecular weight is 368 g/mol. The van der Waals surface area contributed by atoms with Crippen LogP contribution in [0.2, 0.25) is 0 Å². The van der Waals surface area contributed by atoms with E-state index in [1.807, 2.05) is 19.1 Å². The standard InChI is InChI=1S/C17H16BrClO2/c1-10-5-16(20-2)14(7-15(10)18)17(19)11-3-4-12-8-21-9-13(12)6-11/h3-7,17H,8-9H2,1-2H3. The molecule has 0 saturated heterocycles. The highest BCUT2D eigenvalue weighted by Gasteiger charge is 2.20. The molecule has 0 N–H and O–H groups in total. The number of ether oxygens (including phenoxy) is 2. The van der Waals surface area contributed by atoms with Crippen LogP contribution in [0.1, 0.15) is 33.2 Å². The Morgan fingerprint density at radius 2 is 1.95 bits per heavy atom. The van der Waals surface area contributed by atoms with Crippen molar-refractivity contribution in [1.82, 2.24) is 0 Å². The zero-order valence-electron chi connectivity index (χ0n) is 12.0. The highest BCUT2D eigenvalue weighted by Crippen LogP contribution is 2.39. The Kier molecular flexibility index (Phi) is 4.25. The Morgan fingerprint density at radius 3 is 2.71 bits per heavy atom. The number of aryl methyl sites for hydroxylation is 1. The van der Waals surface area contributed by atoms with Crippen molar-refractivity contribution in [2.75, 3.05) is 7.11 Å². The number of methoxy groups -OCH3 is 1. The maximum Gasteiger partial charge on any atom is 0.124 e. The van der Waals surface area contributed by atoms with Crippen molar-refractivity contribution in [3.8, 4) is 5.75 Å². The van der Waals surface area contributed by atoms with Gasteiger partial charge in [0.05, 0.1) is 25.7 Å². The third kappa shape index (κ3) is 2.83. The number of fused-ring (bicyclic) bond motifs is 1. The summed E-state index contributed by atoms with van der Waals surface area (Å²) in [6, 6.07) is 10.3. The molecule has 0 bridgehead atoms. The van der Waals surface area contributed by atoms with Crippen molar-refractivity contribution in [2.45, 2.75) is 25.5 Å². The Balaban J connectivity index is 2.02. The molecule has 0 fully saturated rings. The summed E-state index contributed by atoms with van der Waals surface area (Å²) in [5, 5.41) is -0.247. The number of benzene rings is 2.